The van der Waals surface area contributed by atoms with Gasteiger partial charge in [-0.1, -0.05) is 76.1 Å². The average molecular weight is 621 g/mol. The van der Waals surface area contributed by atoms with Crippen molar-refractivity contribution < 1.29 is 18.0 Å². The number of carbonyl (C=O) groups excluding carboxylic acids is 2. The number of rotatable bonds is 11. The van der Waals surface area contributed by atoms with Crippen molar-refractivity contribution in [2.24, 2.45) is 0 Å². The van der Waals surface area contributed by atoms with E-state index in [0.717, 1.165) is 21.7 Å². The molecule has 2 amide bonds. The predicted molar refractivity (Wildman–Crippen MR) is 156 cm³/mol. The van der Waals surface area contributed by atoms with Gasteiger partial charge in [-0.25, -0.2) is 8.42 Å². The summed E-state index contributed by atoms with van der Waals surface area (Å²) in [5.41, 5.74) is 1.97. The number of hydrogen-bond acceptors (Lipinski definition) is 4. The second kappa shape index (κ2) is 13.3. The van der Waals surface area contributed by atoms with Crippen LogP contribution < -0.4 is 9.62 Å². The highest BCUT2D eigenvalue weighted by Crippen LogP contribution is 2.24. The molecule has 0 aliphatic rings. The number of amides is 2. The maximum atomic E-state index is 14.0. The zero-order valence-corrected chi connectivity index (χ0v) is 24.6. The summed E-state index contributed by atoms with van der Waals surface area (Å²) in [6.45, 7) is 3.32. The van der Waals surface area contributed by atoms with Gasteiger partial charge in [0.05, 0.1) is 11.9 Å². The fourth-order valence-corrected chi connectivity index (χ4v) is 5.32. The minimum Gasteiger partial charge on any atom is -0.352 e. The van der Waals surface area contributed by atoms with Gasteiger partial charge in [-0.15, -0.1) is 0 Å². The summed E-state index contributed by atoms with van der Waals surface area (Å²) in [7, 11) is -3.82. The van der Waals surface area contributed by atoms with Gasteiger partial charge in [-0.2, -0.15) is 0 Å². The van der Waals surface area contributed by atoms with E-state index >= 15 is 0 Å². The van der Waals surface area contributed by atoms with Crippen LogP contribution in [0.4, 0.5) is 5.69 Å². The molecular formula is C28H31BrClN3O4S. The SMILES string of the molecule is CC(C)NC(=O)[C@H](Cc1ccccc1)N(Cc1ccc(Cl)cc1)C(=O)CN(c1cccc(Br)c1)S(C)(=O)=O. The van der Waals surface area contributed by atoms with Gasteiger partial charge in [-0.05, 0) is 55.3 Å². The van der Waals surface area contributed by atoms with Gasteiger partial charge in [0.15, 0.2) is 0 Å². The van der Waals surface area contributed by atoms with Gasteiger partial charge >= 0.3 is 0 Å². The van der Waals surface area contributed by atoms with E-state index in [9.17, 15) is 18.0 Å². The van der Waals surface area contributed by atoms with Crippen molar-refractivity contribution in [3.63, 3.8) is 0 Å². The highest BCUT2D eigenvalue weighted by molar-refractivity contribution is 9.10. The maximum Gasteiger partial charge on any atom is 0.244 e. The van der Waals surface area contributed by atoms with Gasteiger partial charge in [0, 0.05) is 28.5 Å². The van der Waals surface area contributed by atoms with Crippen LogP contribution in [0.1, 0.15) is 25.0 Å². The molecule has 0 unspecified atom stereocenters. The number of carbonyl (C=O) groups is 2. The summed E-state index contributed by atoms with van der Waals surface area (Å²) in [5, 5.41) is 3.47. The Hall–Kier alpha value is -2.88. The summed E-state index contributed by atoms with van der Waals surface area (Å²) >= 11 is 9.43. The van der Waals surface area contributed by atoms with E-state index in [2.05, 4.69) is 21.2 Å². The van der Waals surface area contributed by atoms with E-state index in [1.54, 1.807) is 48.5 Å². The van der Waals surface area contributed by atoms with E-state index < -0.39 is 28.5 Å². The average Bonchev–Trinajstić information content (AvgIpc) is 2.85. The van der Waals surface area contributed by atoms with Crippen LogP contribution in [0.2, 0.25) is 5.02 Å². The number of anilines is 1. The van der Waals surface area contributed by atoms with Gasteiger partial charge in [0.25, 0.3) is 0 Å². The number of hydrogen-bond donors (Lipinski definition) is 1. The minimum absolute atomic E-state index is 0.0924. The molecule has 0 heterocycles. The van der Waals surface area contributed by atoms with Crippen LogP contribution in [-0.4, -0.2) is 50.0 Å². The van der Waals surface area contributed by atoms with Crippen molar-refractivity contribution in [3.05, 3.63) is 99.5 Å². The molecule has 202 valence electrons. The van der Waals surface area contributed by atoms with Crippen molar-refractivity contribution in [2.75, 3.05) is 17.1 Å². The van der Waals surface area contributed by atoms with Crippen LogP contribution >= 0.6 is 27.5 Å². The topological polar surface area (TPSA) is 86.8 Å². The molecule has 0 spiro atoms. The monoisotopic (exact) mass is 619 g/mol. The van der Waals surface area contributed by atoms with Gasteiger partial charge in [0.2, 0.25) is 21.8 Å². The van der Waals surface area contributed by atoms with Gasteiger partial charge < -0.3 is 10.2 Å². The lowest BCUT2D eigenvalue weighted by Gasteiger charge is -2.34. The molecule has 0 saturated heterocycles. The van der Waals surface area contributed by atoms with Crippen LogP contribution in [0.15, 0.2) is 83.3 Å². The first-order chi connectivity index (χ1) is 17.9. The molecule has 0 radical (unpaired) electrons. The lowest BCUT2D eigenvalue weighted by atomic mass is 10.0. The molecule has 0 aliphatic carbocycles. The van der Waals surface area contributed by atoms with Gasteiger partial charge in [0.1, 0.15) is 12.6 Å². The Balaban J connectivity index is 2.05. The van der Waals surface area contributed by atoms with E-state index in [1.165, 1.54) is 4.90 Å². The Morgan fingerprint density at radius 3 is 2.18 bits per heavy atom. The molecular weight excluding hydrogens is 590 g/mol. The lowest BCUT2D eigenvalue weighted by molar-refractivity contribution is -0.140. The lowest BCUT2D eigenvalue weighted by Crippen LogP contribution is -2.54. The summed E-state index contributed by atoms with van der Waals surface area (Å²) < 4.78 is 27.3. The van der Waals surface area contributed by atoms with Crippen molar-refractivity contribution in [3.8, 4) is 0 Å². The van der Waals surface area contributed by atoms with Crippen LogP contribution in [0, 0.1) is 0 Å². The molecule has 0 aromatic heterocycles. The zero-order chi connectivity index (χ0) is 27.9. The third-order valence-corrected chi connectivity index (χ3v) is 7.63. The third-order valence-electron chi connectivity index (χ3n) is 5.74. The van der Waals surface area contributed by atoms with E-state index in [1.807, 2.05) is 44.2 Å². The first-order valence-electron chi connectivity index (χ1n) is 12.1. The quantitative estimate of drug-likeness (QED) is 0.326. The molecule has 3 rings (SSSR count). The molecule has 3 aromatic carbocycles. The molecule has 10 heteroatoms. The Bertz CT molecular complexity index is 1350. The molecule has 1 N–H and O–H groups in total. The van der Waals surface area contributed by atoms with Crippen LogP contribution in [-0.2, 0) is 32.6 Å². The first-order valence-corrected chi connectivity index (χ1v) is 15.1. The summed E-state index contributed by atoms with van der Waals surface area (Å²) in [5.74, 6) is -0.829. The van der Waals surface area contributed by atoms with Crippen molar-refractivity contribution in [1.29, 1.82) is 0 Å². The van der Waals surface area contributed by atoms with Crippen molar-refractivity contribution >= 4 is 55.1 Å². The predicted octanol–water partition coefficient (Wildman–Crippen LogP) is 5.03. The Morgan fingerprint density at radius 2 is 1.61 bits per heavy atom. The van der Waals surface area contributed by atoms with Crippen LogP contribution in [0.5, 0.6) is 0 Å². The van der Waals surface area contributed by atoms with E-state index in [0.29, 0.717) is 15.2 Å². The molecule has 0 fully saturated rings. The molecule has 3 aromatic rings. The zero-order valence-electron chi connectivity index (χ0n) is 21.5. The number of nitrogens with zero attached hydrogens (tertiary/aromatic N) is 2. The Morgan fingerprint density at radius 1 is 0.947 bits per heavy atom. The molecule has 0 bridgehead atoms. The smallest absolute Gasteiger partial charge is 0.244 e. The second-order valence-corrected chi connectivity index (χ2v) is 12.5. The molecule has 1 atom stereocenters. The van der Waals surface area contributed by atoms with E-state index in [-0.39, 0.29) is 24.9 Å². The molecule has 0 saturated carbocycles. The van der Waals surface area contributed by atoms with Crippen LogP contribution in [0.25, 0.3) is 0 Å². The minimum atomic E-state index is -3.82. The summed E-state index contributed by atoms with van der Waals surface area (Å²) in [4.78, 5) is 28.9. The highest BCUT2D eigenvalue weighted by Gasteiger charge is 2.33. The fourth-order valence-electron chi connectivity index (χ4n) is 3.97. The van der Waals surface area contributed by atoms with Crippen molar-refractivity contribution in [1.82, 2.24) is 10.2 Å². The Labute approximate surface area is 238 Å². The Kier molecular flexibility index (Phi) is 10.4. The molecule has 38 heavy (non-hydrogen) atoms. The second-order valence-electron chi connectivity index (χ2n) is 9.27. The standard InChI is InChI=1S/C28H31BrClN3O4S/c1-20(2)31-28(35)26(16-21-8-5-4-6-9-21)32(18-22-12-14-24(30)15-13-22)27(34)19-33(38(3,36)37)25-11-7-10-23(29)17-25/h4-15,17,20,26H,16,18-19H2,1-3H3,(H,31,35)/t26-/m0/s1. The van der Waals surface area contributed by atoms with Crippen molar-refractivity contribution in [2.45, 2.75) is 38.9 Å². The molecule has 0 aliphatic heterocycles. The van der Waals surface area contributed by atoms with E-state index in [4.69, 9.17) is 11.6 Å². The molecule has 7 nitrogen and oxygen atoms in total. The first kappa shape index (κ1) is 29.7. The number of benzene rings is 3. The number of halogens is 2. The number of sulfonamides is 1. The van der Waals surface area contributed by atoms with Gasteiger partial charge in [-0.3, -0.25) is 13.9 Å². The highest BCUT2D eigenvalue weighted by atomic mass is 79.9. The maximum absolute atomic E-state index is 14.0. The normalized spacial score (nSPS) is 12.2. The fraction of sp³-hybridized carbons (Fsp3) is 0.286. The largest absolute Gasteiger partial charge is 0.352 e. The summed E-state index contributed by atoms with van der Waals surface area (Å²) in [6, 6.07) is 22.1. The van der Waals surface area contributed by atoms with Crippen LogP contribution in [0.3, 0.4) is 0 Å². The summed E-state index contributed by atoms with van der Waals surface area (Å²) in [6.07, 6.45) is 1.31. The number of nitrogens with one attached hydrogen (secondary N) is 1. The third kappa shape index (κ3) is 8.58.